The lowest BCUT2D eigenvalue weighted by atomic mass is 9.99. The van der Waals surface area contributed by atoms with Crippen LogP contribution in [-0.2, 0) is 0 Å². The first-order valence-corrected chi connectivity index (χ1v) is 4.23. The molecule has 0 saturated carbocycles. The Morgan fingerprint density at radius 2 is 1.67 bits per heavy atom. The van der Waals surface area contributed by atoms with E-state index in [-0.39, 0.29) is 0 Å². The molecule has 1 aromatic carbocycles. The molecule has 4 N–H and O–H groups in total. The van der Waals surface area contributed by atoms with Crippen LogP contribution in [0.25, 0.3) is 0 Å². The van der Waals surface area contributed by atoms with Gasteiger partial charge in [-0.1, -0.05) is 44.2 Å². The van der Waals surface area contributed by atoms with Crippen molar-refractivity contribution in [3.63, 3.8) is 0 Å². The lowest BCUT2D eigenvalue weighted by Gasteiger charge is -2.06. The van der Waals surface area contributed by atoms with E-state index < -0.39 is 0 Å². The summed E-state index contributed by atoms with van der Waals surface area (Å²) in [7, 11) is 0. The van der Waals surface area contributed by atoms with E-state index in [1.54, 1.807) is 0 Å². The SMILES string of the molecule is CCC(C)c1ccccc1.NN. The van der Waals surface area contributed by atoms with Crippen molar-refractivity contribution in [2.45, 2.75) is 26.2 Å². The maximum absolute atomic E-state index is 4.00. The van der Waals surface area contributed by atoms with Crippen LogP contribution in [0.5, 0.6) is 0 Å². The summed E-state index contributed by atoms with van der Waals surface area (Å²) in [6.45, 7) is 4.48. The Morgan fingerprint density at radius 3 is 2.08 bits per heavy atom. The summed E-state index contributed by atoms with van der Waals surface area (Å²) < 4.78 is 0. The van der Waals surface area contributed by atoms with Crippen molar-refractivity contribution in [2.24, 2.45) is 11.7 Å². The van der Waals surface area contributed by atoms with Crippen molar-refractivity contribution in [1.29, 1.82) is 0 Å². The molecule has 0 amide bonds. The molecule has 0 aliphatic rings. The molecular weight excluding hydrogens is 148 g/mol. The van der Waals surface area contributed by atoms with Crippen LogP contribution >= 0.6 is 0 Å². The highest BCUT2D eigenvalue weighted by Crippen LogP contribution is 2.16. The van der Waals surface area contributed by atoms with Gasteiger partial charge in [-0.3, -0.25) is 11.7 Å². The van der Waals surface area contributed by atoms with Gasteiger partial charge in [-0.15, -0.1) is 0 Å². The van der Waals surface area contributed by atoms with Crippen LogP contribution in [0.15, 0.2) is 30.3 Å². The van der Waals surface area contributed by atoms with Gasteiger partial charge in [0.15, 0.2) is 0 Å². The lowest BCUT2D eigenvalue weighted by Crippen LogP contribution is -2.02. The molecular formula is C10H18N2. The second-order valence-corrected chi connectivity index (χ2v) is 2.72. The van der Waals surface area contributed by atoms with Gasteiger partial charge in [0.05, 0.1) is 0 Å². The quantitative estimate of drug-likeness (QED) is 0.521. The smallest absolute Gasteiger partial charge is 0.0193 e. The highest BCUT2D eigenvalue weighted by atomic mass is 15.0. The van der Waals surface area contributed by atoms with E-state index in [9.17, 15) is 0 Å². The van der Waals surface area contributed by atoms with E-state index in [2.05, 4.69) is 55.9 Å². The van der Waals surface area contributed by atoms with Crippen molar-refractivity contribution in [3.8, 4) is 0 Å². The second-order valence-electron chi connectivity index (χ2n) is 2.72. The predicted molar refractivity (Wildman–Crippen MR) is 53.5 cm³/mol. The first kappa shape index (κ1) is 11.1. The third-order valence-corrected chi connectivity index (χ3v) is 1.98. The molecule has 2 heteroatoms. The first-order valence-electron chi connectivity index (χ1n) is 4.23. The van der Waals surface area contributed by atoms with Crippen molar-refractivity contribution in [1.82, 2.24) is 0 Å². The third-order valence-electron chi connectivity index (χ3n) is 1.98. The van der Waals surface area contributed by atoms with Crippen LogP contribution in [-0.4, -0.2) is 0 Å². The molecule has 0 radical (unpaired) electrons. The summed E-state index contributed by atoms with van der Waals surface area (Å²) in [5.74, 6) is 8.71. The molecule has 1 aromatic rings. The van der Waals surface area contributed by atoms with Crippen molar-refractivity contribution < 1.29 is 0 Å². The minimum atomic E-state index is 0.709. The number of hydrazine groups is 1. The highest BCUT2D eigenvalue weighted by Gasteiger charge is 1.98. The van der Waals surface area contributed by atoms with Gasteiger partial charge in [0.1, 0.15) is 0 Å². The Labute approximate surface area is 74.5 Å². The van der Waals surface area contributed by atoms with Gasteiger partial charge in [-0.25, -0.2) is 0 Å². The summed E-state index contributed by atoms with van der Waals surface area (Å²) in [5, 5.41) is 0. The minimum absolute atomic E-state index is 0.709. The van der Waals surface area contributed by atoms with E-state index in [4.69, 9.17) is 0 Å². The Hall–Kier alpha value is -0.860. The van der Waals surface area contributed by atoms with Crippen molar-refractivity contribution in [3.05, 3.63) is 35.9 Å². The normalized spacial score (nSPS) is 11.3. The summed E-state index contributed by atoms with van der Waals surface area (Å²) in [6, 6.07) is 10.6. The van der Waals surface area contributed by atoms with Gasteiger partial charge in [-0.2, -0.15) is 0 Å². The zero-order valence-corrected chi connectivity index (χ0v) is 7.83. The number of hydrogen-bond acceptors (Lipinski definition) is 2. The molecule has 0 spiro atoms. The number of benzene rings is 1. The summed E-state index contributed by atoms with van der Waals surface area (Å²) in [6.07, 6.45) is 1.23. The largest absolute Gasteiger partial charge is 0.274 e. The predicted octanol–water partition coefficient (Wildman–Crippen LogP) is 2.02. The van der Waals surface area contributed by atoms with E-state index in [0.29, 0.717) is 5.92 Å². The second kappa shape index (κ2) is 6.83. The topological polar surface area (TPSA) is 52.0 Å². The molecule has 0 bridgehead atoms. The fraction of sp³-hybridized carbons (Fsp3) is 0.400. The summed E-state index contributed by atoms with van der Waals surface area (Å²) in [5.41, 5.74) is 1.45. The van der Waals surface area contributed by atoms with Crippen LogP contribution in [0, 0.1) is 0 Å². The summed E-state index contributed by atoms with van der Waals surface area (Å²) >= 11 is 0. The van der Waals surface area contributed by atoms with Gasteiger partial charge in [0.2, 0.25) is 0 Å². The lowest BCUT2D eigenvalue weighted by molar-refractivity contribution is 0.733. The Morgan fingerprint density at radius 1 is 1.17 bits per heavy atom. The molecule has 2 nitrogen and oxygen atoms in total. The van der Waals surface area contributed by atoms with Crippen LogP contribution in [0.2, 0.25) is 0 Å². The van der Waals surface area contributed by atoms with E-state index in [1.165, 1.54) is 12.0 Å². The monoisotopic (exact) mass is 166 g/mol. The van der Waals surface area contributed by atoms with Gasteiger partial charge in [0.25, 0.3) is 0 Å². The molecule has 0 aromatic heterocycles. The fourth-order valence-electron chi connectivity index (χ4n) is 1.02. The molecule has 12 heavy (non-hydrogen) atoms. The van der Waals surface area contributed by atoms with Crippen LogP contribution in [0.1, 0.15) is 31.7 Å². The molecule has 0 saturated heterocycles. The molecule has 68 valence electrons. The zero-order valence-electron chi connectivity index (χ0n) is 7.83. The Bertz CT molecular complexity index is 184. The van der Waals surface area contributed by atoms with Gasteiger partial charge in [-0.05, 0) is 17.9 Å². The van der Waals surface area contributed by atoms with E-state index in [1.807, 2.05) is 0 Å². The van der Waals surface area contributed by atoms with E-state index in [0.717, 1.165) is 0 Å². The minimum Gasteiger partial charge on any atom is -0.274 e. The van der Waals surface area contributed by atoms with Gasteiger partial charge in [0, 0.05) is 0 Å². The maximum Gasteiger partial charge on any atom is -0.0193 e. The molecule has 0 heterocycles. The standard InChI is InChI=1S/C10H14.H4N2/c1-3-9(2)10-7-5-4-6-8-10;1-2/h4-9H,3H2,1-2H3;1-2H2. The zero-order chi connectivity index (χ0) is 9.40. The van der Waals surface area contributed by atoms with Crippen LogP contribution in [0.4, 0.5) is 0 Å². The van der Waals surface area contributed by atoms with Crippen LogP contribution < -0.4 is 11.7 Å². The maximum atomic E-state index is 4.00. The molecule has 1 rings (SSSR count). The fourth-order valence-corrected chi connectivity index (χ4v) is 1.02. The first-order chi connectivity index (χ1) is 5.84. The number of rotatable bonds is 2. The number of nitrogens with two attached hydrogens (primary N) is 2. The molecule has 1 unspecified atom stereocenters. The average Bonchev–Trinajstić information content (AvgIpc) is 2.21. The van der Waals surface area contributed by atoms with Gasteiger partial charge < -0.3 is 0 Å². The Kier molecular flexibility index (Phi) is 6.34. The number of hydrogen-bond donors (Lipinski definition) is 2. The van der Waals surface area contributed by atoms with Gasteiger partial charge >= 0.3 is 0 Å². The van der Waals surface area contributed by atoms with Crippen LogP contribution in [0.3, 0.4) is 0 Å². The highest BCUT2D eigenvalue weighted by molar-refractivity contribution is 5.18. The van der Waals surface area contributed by atoms with Crippen molar-refractivity contribution >= 4 is 0 Å². The third kappa shape index (κ3) is 3.51. The van der Waals surface area contributed by atoms with Crippen molar-refractivity contribution in [2.75, 3.05) is 0 Å². The average molecular weight is 166 g/mol. The molecule has 0 aliphatic heterocycles. The molecule has 1 atom stereocenters. The Balaban J connectivity index is 0.000000561. The molecule has 0 aliphatic carbocycles. The van der Waals surface area contributed by atoms with E-state index >= 15 is 0 Å². The molecule has 0 fully saturated rings. The summed E-state index contributed by atoms with van der Waals surface area (Å²) in [4.78, 5) is 0.